The van der Waals surface area contributed by atoms with Gasteiger partial charge in [-0.2, -0.15) is 0 Å². The smallest absolute Gasteiger partial charge is 0.253 e. The molecule has 0 spiro atoms. The predicted molar refractivity (Wildman–Crippen MR) is 121 cm³/mol. The SMILES string of the molecule is CN(C)c1ccc(C(=O)N2CCC(N3CCC(Oc4ccccc4F)CC3)CC2)cc1. The third-order valence-electron chi connectivity index (χ3n) is 6.51. The van der Waals surface area contributed by atoms with E-state index in [0.717, 1.165) is 63.1 Å². The van der Waals surface area contributed by atoms with Gasteiger partial charge in [-0.15, -0.1) is 0 Å². The van der Waals surface area contributed by atoms with Crippen molar-refractivity contribution in [1.82, 2.24) is 9.80 Å². The van der Waals surface area contributed by atoms with E-state index in [1.165, 1.54) is 6.07 Å². The number of amides is 1. The lowest BCUT2D eigenvalue weighted by Gasteiger charge is -2.41. The second kappa shape index (κ2) is 9.69. The van der Waals surface area contributed by atoms with Crippen molar-refractivity contribution in [3.05, 3.63) is 59.9 Å². The zero-order valence-corrected chi connectivity index (χ0v) is 18.5. The highest BCUT2D eigenvalue weighted by Crippen LogP contribution is 2.26. The molecule has 31 heavy (non-hydrogen) atoms. The Morgan fingerprint density at radius 1 is 0.935 bits per heavy atom. The zero-order valence-electron chi connectivity index (χ0n) is 18.5. The fourth-order valence-electron chi connectivity index (χ4n) is 4.60. The lowest BCUT2D eigenvalue weighted by Crippen LogP contribution is -2.50. The van der Waals surface area contributed by atoms with Crippen molar-refractivity contribution < 1.29 is 13.9 Å². The fourth-order valence-corrected chi connectivity index (χ4v) is 4.60. The number of halogens is 1. The maximum atomic E-state index is 13.8. The van der Waals surface area contributed by atoms with Gasteiger partial charge in [-0.1, -0.05) is 12.1 Å². The van der Waals surface area contributed by atoms with Crippen molar-refractivity contribution in [3.8, 4) is 5.75 Å². The van der Waals surface area contributed by atoms with Crippen molar-refractivity contribution in [3.63, 3.8) is 0 Å². The van der Waals surface area contributed by atoms with Crippen LogP contribution < -0.4 is 9.64 Å². The molecule has 2 heterocycles. The molecule has 0 N–H and O–H groups in total. The van der Waals surface area contributed by atoms with E-state index in [-0.39, 0.29) is 17.8 Å². The minimum Gasteiger partial charge on any atom is -0.487 e. The van der Waals surface area contributed by atoms with Gasteiger partial charge >= 0.3 is 0 Å². The summed E-state index contributed by atoms with van der Waals surface area (Å²) in [5, 5.41) is 0. The van der Waals surface area contributed by atoms with Gasteiger partial charge in [-0.3, -0.25) is 9.69 Å². The van der Waals surface area contributed by atoms with Crippen LogP contribution in [0.4, 0.5) is 10.1 Å². The summed E-state index contributed by atoms with van der Waals surface area (Å²) in [7, 11) is 3.99. The Kier molecular flexibility index (Phi) is 6.76. The lowest BCUT2D eigenvalue weighted by atomic mass is 9.98. The Morgan fingerprint density at radius 2 is 1.58 bits per heavy atom. The minimum absolute atomic E-state index is 0.0694. The van der Waals surface area contributed by atoms with E-state index in [9.17, 15) is 9.18 Å². The van der Waals surface area contributed by atoms with E-state index in [2.05, 4.69) is 4.90 Å². The number of piperidine rings is 2. The first-order valence-corrected chi connectivity index (χ1v) is 11.2. The minimum atomic E-state index is -0.293. The van der Waals surface area contributed by atoms with E-state index in [1.807, 2.05) is 48.2 Å². The lowest BCUT2D eigenvalue weighted by molar-refractivity contribution is 0.0416. The van der Waals surface area contributed by atoms with Gasteiger partial charge in [-0.25, -0.2) is 4.39 Å². The second-order valence-electron chi connectivity index (χ2n) is 8.75. The van der Waals surface area contributed by atoms with Crippen LogP contribution in [0.2, 0.25) is 0 Å². The number of carbonyl (C=O) groups is 1. The molecule has 2 aliphatic rings. The Bertz CT molecular complexity index is 871. The van der Waals surface area contributed by atoms with Crippen molar-refractivity contribution in [2.24, 2.45) is 0 Å². The second-order valence-corrected chi connectivity index (χ2v) is 8.75. The number of nitrogens with zero attached hydrogens (tertiary/aromatic N) is 3. The number of benzene rings is 2. The van der Waals surface area contributed by atoms with Crippen LogP contribution in [0.25, 0.3) is 0 Å². The van der Waals surface area contributed by atoms with Crippen LogP contribution in [-0.4, -0.2) is 68.1 Å². The van der Waals surface area contributed by atoms with Crippen LogP contribution in [0.1, 0.15) is 36.0 Å². The highest BCUT2D eigenvalue weighted by Gasteiger charge is 2.30. The fraction of sp³-hybridized carbons (Fsp3) is 0.480. The van der Waals surface area contributed by atoms with Gasteiger partial charge in [0.05, 0.1) is 0 Å². The summed E-state index contributed by atoms with van der Waals surface area (Å²) >= 11 is 0. The highest BCUT2D eigenvalue weighted by molar-refractivity contribution is 5.94. The van der Waals surface area contributed by atoms with Crippen molar-refractivity contribution in [2.45, 2.75) is 37.8 Å². The van der Waals surface area contributed by atoms with E-state index < -0.39 is 0 Å². The predicted octanol–water partition coefficient (Wildman–Crippen LogP) is 4.04. The third-order valence-corrected chi connectivity index (χ3v) is 6.51. The number of hydrogen-bond donors (Lipinski definition) is 0. The number of carbonyl (C=O) groups excluding carboxylic acids is 1. The highest BCUT2D eigenvalue weighted by atomic mass is 19.1. The molecular weight excluding hydrogens is 393 g/mol. The Hall–Kier alpha value is -2.60. The van der Waals surface area contributed by atoms with Gasteiger partial charge in [0.25, 0.3) is 5.91 Å². The molecule has 4 rings (SSSR count). The first-order valence-electron chi connectivity index (χ1n) is 11.2. The molecule has 2 aliphatic heterocycles. The van der Waals surface area contributed by atoms with Crippen LogP contribution in [0.3, 0.4) is 0 Å². The van der Waals surface area contributed by atoms with Gasteiger partial charge in [0.2, 0.25) is 0 Å². The van der Waals surface area contributed by atoms with Crippen LogP contribution in [0, 0.1) is 5.82 Å². The molecule has 166 valence electrons. The molecule has 2 aromatic rings. The first kappa shape index (κ1) is 21.6. The molecule has 0 bridgehead atoms. The topological polar surface area (TPSA) is 36.0 Å². The number of hydrogen-bond acceptors (Lipinski definition) is 4. The quantitative estimate of drug-likeness (QED) is 0.725. The third kappa shape index (κ3) is 5.18. The Balaban J connectivity index is 1.24. The molecule has 0 aromatic heterocycles. The van der Waals surface area contributed by atoms with Crippen molar-refractivity contribution in [2.75, 3.05) is 45.2 Å². The number of para-hydroxylation sites is 1. The first-order chi connectivity index (χ1) is 15.0. The largest absolute Gasteiger partial charge is 0.487 e. The maximum absolute atomic E-state index is 13.8. The number of likely N-dealkylation sites (tertiary alicyclic amines) is 2. The standard InChI is InChI=1S/C25H32FN3O2/c1-27(2)20-9-7-19(8-10-20)25(30)29-15-11-21(12-16-29)28-17-13-22(14-18-28)31-24-6-4-3-5-23(24)26/h3-10,21-22H,11-18H2,1-2H3. The monoisotopic (exact) mass is 425 g/mol. The van der Waals surface area contributed by atoms with Gasteiger partial charge in [0.15, 0.2) is 11.6 Å². The van der Waals surface area contributed by atoms with E-state index in [4.69, 9.17) is 4.74 Å². The van der Waals surface area contributed by atoms with E-state index in [0.29, 0.717) is 11.8 Å². The molecule has 0 atom stereocenters. The summed E-state index contributed by atoms with van der Waals surface area (Å²) in [4.78, 5) is 19.4. The Labute approximate surface area is 184 Å². The van der Waals surface area contributed by atoms with Crippen molar-refractivity contribution in [1.29, 1.82) is 0 Å². The molecule has 0 radical (unpaired) electrons. The summed E-state index contributed by atoms with van der Waals surface area (Å²) in [6, 6.07) is 15.0. The van der Waals surface area contributed by atoms with E-state index in [1.54, 1.807) is 18.2 Å². The van der Waals surface area contributed by atoms with Crippen LogP contribution in [0.15, 0.2) is 48.5 Å². The summed E-state index contributed by atoms with van der Waals surface area (Å²) in [6.07, 6.45) is 3.89. The molecule has 0 aliphatic carbocycles. The number of rotatable bonds is 5. The van der Waals surface area contributed by atoms with Gasteiger partial charge in [0, 0.05) is 57.6 Å². The number of anilines is 1. The molecule has 6 heteroatoms. The molecule has 2 saturated heterocycles. The summed E-state index contributed by atoms with van der Waals surface area (Å²) < 4.78 is 19.7. The number of ether oxygens (including phenoxy) is 1. The average molecular weight is 426 g/mol. The summed E-state index contributed by atoms with van der Waals surface area (Å²) in [5.41, 5.74) is 1.85. The van der Waals surface area contributed by atoms with Crippen LogP contribution in [-0.2, 0) is 0 Å². The van der Waals surface area contributed by atoms with Crippen molar-refractivity contribution >= 4 is 11.6 Å². The molecule has 0 saturated carbocycles. The van der Waals surface area contributed by atoms with Gasteiger partial charge < -0.3 is 14.5 Å². The van der Waals surface area contributed by atoms with Gasteiger partial charge in [-0.05, 0) is 62.1 Å². The van der Waals surface area contributed by atoms with E-state index >= 15 is 0 Å². The van der Waals surface area contributed by atoms with Gasteiger partial charge in [0.1, 0.15) is 6.10 Å². The Morgan fingerprint density at radius 3 is 2.19 bits per heavy atom. The van der Waals surface area contributed by atoms with Crippen LogP contribution >= 0.6 is 0 Å². The molecular formula is C25H32FN3O2. The molecule has 2 fully saturated rings. The normalized spacial score (nSPS) is 18.7. The summed E-state index contributed by atoms with van der Waals surface area (Å²) in [6.45, 7) is 3.52. The molecule has 1 amide bonds. The molecule has 5 nitrogen and oxygen atoms in total. The summed E-state index contributed by atoms with van der Waals surface area (Å²) in [5.74, 6) is 0.186. The molecule has 2 aromatic carbocycles. The zero-order chi connectivity index (χ0) is 21.8. The average Bonchev–Trinajstić information content (AvgIpc) is 2.81. The molecule has 0 unspecified atom stereocenters. The van der Waals surface area contributed by atoms with Crippen LogP contribution in [0.5, 0.6) is 5.75 Å². The maximum Gasteiger partial charge on any atom is 0.253 e.